The number of pyridine rings is 1. The third-order valence-electron chi connectivity index (χ3n) is 6.68. The van der Waals surface area contributed by atoms with Crippen LogP contribution in [-0.4, -0.2) is 62.1 Å². The van der Waals surface area contributed by atoms with Gasteiger partial charge in [-0.3, -0.25) is 4.72 Å². The van der Waals surface area contributed by atoms with E-state index in [1.165, 1.54) is 56.7 Å². The van der Waals surface area contributed by atoms with Crippen LogP contribution in [0.1, 0.15) is 48.9 Å². The third-order valence-corrected chi connectivity index (χ3v) is 8.04. The number of sulfonamides is 1. The molecule has 0 amide bonds. The number of benzene rings is 1. The molecule has 184 valence electrons. The van der Waals surface area contributed by atoms with Gasteiger partial charge in [0.2, 0.25) is 0 Å². The Morgan fingerprint density at radius 1 is 1.12 bits per heavy atom. The van der Waals surface area contributed by atoms with E-state index in [4.69, 9.17) is 0 Å². The number of hydrogen-bond donors (Lipinski definition) is 2. The molecule has 0 unspecified atom stereocenters. The number of carboxylic acids is 1. The first kappa shape index (κ1) is 24.4. The second-order valence-electron chi connectivity index (χ2n) is 9.08. The highest BCUT2D eigenvalue weighted by Crippen LogP contribution is 2.31. The van der Waals surface area contributed by atoms with Crippen LogP contribution in [0.15, 0.2) is 41.4 Å². The van der Waals surface area contributed by atoms with Crippen LogP contribution < -0.4 is 9.62 Å². The Morgan fingerprint density at radius 2 is 1.85 bits per heavy atom. The average Bonchev–Trinajstić information content (AvgIpc) is 2.83. The number of piperidine rings is 2. The van der Waals surface area contributed by atoms with Crippen molar-refractivity contribution in [2.75, 3.05) is 42.3 Å². The van der Waals surface area contributed by atoms with Crippen molar-refractivity contribution in [1.29, 1.82) is 0 Å². The number of hydrogen-bond acceptors (Lipinski definition) is 6. The molecule has 2 aromatic rings. The maximum absolute atomic E-state index is 13.6. The molecular weight excluding hydrogens is 459 g/mol. The van der Waals surface area contributed by atoms with Crippen LogP contribution in [0.2, 0.25) is 0 Å². The van der Waals surface area contributed by atoms with E-state index in [0.29, 0.717) is 24.8 Å². The first-order valence-corrected chi connectivity index (χ1v) is 13.3. The number of likely N-dealkylation sites (tertiary alicyclic amines) is 1. The van der Waals surface area contributed by atoms with Gasteiger partial charge >= 0.3 is 5.97 Å². The van der Waals surface area contributed by atoms with E-state index in [1.54, 1.807) is 0 Å². The molecule has 1 aromatic heterocycles. The molecule has 8 nitrogen and oxygen atoms in total. The second-order valence-corrected chi connectivity index (χ2v) is 10.8. The standard InChI is InChI=1S/C24H31FN4O4S/c25-20-5-4-6-21(16-20)34(32,33)27-22-15-19(24(30)31)17-26-23(22)29-13-8-18(9-14-29)7-12-28-10-2-1-3-11-28/h4-6,15-18,27H,1-3,7-14H2,(H,30,31). The van der Waals surface area contributed by atoms with Gasteiger partial charge in [0, 0.05) is 19.3 Å². The lowest BCUT2D eigenvalue weighted by Gasteiger charge is -2.35. The smallest absolute Gasteiger partial charge is 0.337 e. The van der Waals surface area contributed by atoms with Crippen molar-refractivity contribution in [3.05, 3.63) is 47.9 Å². The Bertz CT molecular complexity index is 1110. The number of nitrogens with one attached hydrogen (secondary N) is 1. The van der Waals surface area contributed by atoms with Crippen molar-refractivity contribution in [3.63, 3.8) is 0 Å². The van der Waals surface area contributed by atoms with E-state index in [2.05, 4.69) is 14.6 Å². The van der Waals surface area contributed by atoms with Crippen LogP contribution >= 0.6 is 0 Å². The molecule has 2 saturated heterocycles. The van der Waals surface area contributed by atoms with Crippen molar-refractivity contribution < 1.29 is 22.7 Å². The van der Waals surface area contributed by atoms with Crippen molar-refractivity contribution >= 4 is 27.5 Å². The van der Waals surface area contributed by atoms with Crippen LogP contribution in [0.3, 0.4) is 0 Å². The molecule has 0 bridgehead atoms. The molecule has 3 heterocycles. The minimum atomic E-state index is -4.13. The zero-order valence-electron chi connectivity index (χ0n) is 19.1. The molecular formula is C24H31FN4O4S. The summed E-state index contributed by atoms with van der Waals surface area (Å²) in [6.45, 7) is 4.91. The van der Waals surface area contributed by atoms with Crippen LogP contribution in [-0.2, 0) is 10.0 Å². The monoisotopic (exact) mass is 490 g/mol. The summed E-state index contributed by atoms with van der Waals surface area (Å²) in [5, 5.41) is 9.38. The zero-order valence-corrected chi connectivity index (χ0v) is 19.9. The van der Waals surface area contributed by atoms with Crippen LogP contribution in [0, 0.1) is 11.7 Å². The minimum absolute atomic E-state index is 0.0796. The minimum Gasteiger partial charge on any atom is -0.478 e. The van der Waals surface area contributed by atoms with Crippen LogP contribution in [0.4, 0.5) is 15.9 Å². The lowest BCUT2D eigenvalue weighted by atomic mass is 9.93. The fourth-order valence-corrected chi connectivity index (χ4v) is 5.80. The number of anilines is 2. The number of carbonyl (C=O) groups is 1. The van der Waals surface area contributed by atoms with Gasteiger partial charge in [0.1, 0.15) is 5.82 Å². The van der Waals surface area contributed by atoms with Gasteiger partial charge < -0.3 is 14.9 Å². The third kappa shape index (κ3) is 6.04. The molecule has 0 atom stereocenters. The van der Waals surface area contributed by atoms with Crippen LogP contribution in [0.5, 0.6) is 0 Å². The van der Waals surface area contributed by atoms with E-state index >= 15 is 0 Å². The molecule has 34 heavy (non-hydrogen) atoms. The Hall–Kier alpha value is -2.72. The number of nitrogens with zero attached hydrogens (tertiary/aromatic N) is 3. The zero-order chi connectivity index (χ0) is 24.1. The highest BCUT2D eigenvalue weighted by atomic mass is 32.2. The SMILES string of the molecule is O=C(O)c1cnc(N2CCC(CCN3CCCCC3)CC2)c(NS(=O)(=O)c2cccc(F)c2)c1. The van der Waals surface area contributed by atoms with Gasteiger partial charge in [0.25, 0.3) is 10.0 Å². The Kier molecular flexibility index (Phi) is 7.67. The molecule has 2 N–H and O–H groups in total. The van der Waals surface area contributed by atoms with E-state index in [9.17, 15) is 22.7 Å². The highest BCUT2D eigenvalue weighted by Gasteiger charge is 2.26. The van der Waals surface area contributed by atoms with E-state index < -0.39 is 21.8 Å². The van der Waals surface area contributed by atoms with Crippen LogP contribution in [0.25, 0.3) is 0 Å². The fourth-order valence-electron chi connectivity index (χ4n) is 4.72. The molecule has 1 aromatic carbocycles. The summed E-state index contributed by atoms with van der Waals surface area (Å²) in [4.78, 5) is 20.1. The topological polar surface area (TPSA) is 103 Å². The van der Waals surface area contributed by atoms with Gasteiger partial charge in [-0.25, -0.2) is 22.6 Å². The molecule has 10 heteroatoms. The molecule has 2 aliphatic heterocycles. The maximum atomic E-state index is 13.6. The van der Waals surface area contributed by atoms with Crippen molar-refractivity contribution in [3.8, 4) is 0 Å². The normalized spacial score (nSPS) is 18.1. The quantitative estimate of drug-likeness (QED) is 0.580. The molecule has 2 aliphatic rings. The summed E-state index contributed by atoms with van der Waals surface area (Å²) in [7, 11) is -4.13. The second kappa shape index (κ2) is 10.7. The first-order chi connectivity index (χ1) is 16.3. The molecule has 4 rings (SSSR count). The molecule has 0 saturated carbocycles. The van der Waals surface area contributed by atoms with E-state index in [-0.39, 0.29) is 16.1 Å². The van der Waals surface area contributed by atoms with Gasteiger partial charge in [-0.1, -0.05) is 12.5 Å². The predicted octanol–water partition coefficient (Wildman–Crippen LogP) is 3.81. The molecule has 0 spiro atoms. The summed E-state index contributed by atoms with van der Waals surface area (Å²) in [5.41, 5.74) is -0.0481. The maximum Gasteiger partial charge on any atom is 0.337 e. The number of carboxylic acid groups (broad SMARTS) is 1. The first-order valence-electron chi connectivity index (χ1n) is 11.8. The summed E-state index contributed by atoms with van der Waals surface area (Å²) in [6, 6.07) is 5.94. The summed E-state index contributed by atoms with van der Waals surface area (Å²) < 4.78 is 41.8. The van der Waals surface area contributed by atoms with Gasteiger partial charge in [0.05, 0.1) is 16.1 Å². The average molecular weight is 491 g/mol. The number of aromatic nitrogens is 1. The largest absolute Gasteiger partial charge is 0.478 e. The Balaban J connectivity index is 1.47. The Morgan fingerprint density at radius 3 is 2.53 bits per heavy atom. The van der Waals surface area contributed by atoms with Gasteiger partial charge in [-0.2, -0.15) is 0 Å². The summed E-state index contributed by atoms with van der Waals surface area (Å²) in [5.74, 6) is -0.892. The lowest BCUT2D eigenvalue weighted by molar-refractivity contribution is 0.0696. The van der Waals surface area contributed by atoms with Gasteiger partial charge in [-0.15, -0.1) is 0 Å². The Labute approximate surface area is 199 Å². The fraction of sp³-hybridized carbons (Fsp3) is 0.500. The van der Waals surface area contributed by atoms with Crippen molar-refractivity contribution in [1.82, 2.24) is 9.88 Å². The molecule has 0 radical (unpaired) electrons. The molecule has 2 fully saturated rings. The van der Waals surface area contributed by atoms with Gasteiger partial charge in [-0.05, 0) is 81.9 Å². The van der Waals surface area contributed by atoms with Crippen molar-refractivity contribution in [2.24, 2.45) is 5.92 Å². The van der Waals surface area contributed by atoms with Gasteiger partial charge in [0.15, 0.2) is 5.82 Å². The lowest BCUT2D eigenvalue weighted by Crippen LogP contribution is -2.37. The molecule has 0 aliphatic carbocycles. The highest BCUT2D eigenvalue weighted by molar-refractivity contribution is 7.92. The number of aromatic carboxylic acids is 1. The predicted molar refractivity (Wildman–Crippen MR) is 128 cm³/mol. The van der Waals surface area contributed by atoms with E-state index in [1.807, 2.05) is 4.90 Å². The van der Waals surface area contributed by atoms with E-state index in [0.717, 1.165) is 37.9 Å². The number of halogens is 1. The number of rotatable bonds is 8. The summed E-state index contributed by atoms with van der Waals surface area (Å²) >= 11 is 0. The summed E-state index contributed by atoms with van der Waals surface area (Å²) in [6.07, 6.45) is 8.21. The van der Waals surface area contributed by atoms with Crippen molar-refractivity contribution in [2.45, 2.75) is 43.4 Å².